The maximum Gasteiger partial charge on any atom is 0.338 e. The summed E-state index contributed by atoms with van der Waals surface area (Å²) in [6.07, 6.45) is 0. The molecule has 0 radical (unpaired) electrons. The molecule has 0 saturated heterocycles. The summed E-state index contributed by atoms with van der Waals surface area (Å²) in [5.41, 5.74) is 1.42. The van der Waals surface area contributed by atoms with Gasteiger partial charge in [-0.3, -0.25) is 0 Å². The molecule has 0 saturated carbocycles. The van der Waals surface area contributed by atoms with Crippen molar-refractivity contribution in [3.8, 4) is 11.5 Å². The number of benzene rings is 2. The van der Waals surface area contributed by atoms with Gasteiger partial charge in [0, 0.05) is 16.3 Å². The zero-order valence-electron chi connectivity index (χ0n) is 16.1. The molecule has 0 fully saturated rings. The Hall–Kier alpha value is -3.20. The van der Waals surface area contributed by atoms with Crippen LogP contribution in [0.5, 0.6) is 11.5 Å². The van der Waals surface area contributed by atoms with Crippen LogP contribution >= 0.6 is 11.8 Å². The van der Waals surface area contributed by atoms with E-state index in [2.05, 4.69) is 10.6 Å². The van der Waals surface area contributed by atoms with Gasteiger partial charge in [0.05, 0.1) is 18.2 Å². The fourth-order valence-corrected chi connectivity index (χ4v) is 4.08. The van der Waals surface area contributed by atoms with Gasteiger partial charge < -0.3 is 24.8 Å². The molecule has 2 aliphatic heterocycles. The van der Waals surface area contributed by atoms with E-state index in [-0.39, 0.29) is 19.2 Å². The van der Waals surface area contributed by atoms with E-state index in [1.54, 1.807) is 37.3 Å². The average Bonchev–Trinajstić information content (AvgIpc) is 3.21. The summed E-state index contributed by atoms with van der Waals surface area (Å²) in [4.78, 5) is 26.0. The number of hydrogen-bond donors (Lipinski definition) is 2. The highest BCUT2D eigenvalue weighted by Crippen LogP contribution is 2.37. The Bertz CT molecular complexity index is 1010. The molecule has 2 aromatic carbocycles. The number of hydrogen-bond acceptors (Lipinski definition) is 6. The molecule has 7 nitrogen and oxygen atoms in total. The number of nitrogens with one attached hydrogen (secondary N) is 2. The van der Waals surface area contributed by atoms with Gasteiger partial charge in [-0.2, -0.15) is 0 Å². The molecule has 1 atom stereocenters. The van der Waals surface area contributed by atoms with Crippen LogP contribution in [0.1, 0.15) is 18.5 Å². The minimum absolute atomic E-state index is 0.123. The number of urea groups is 1. The van der Waals surface area contributed by atoms with Crippen molar-refractivity contribution in [2.45, 2.75) is 17.9 Å². The standard InChI is InChI=1S/C21H19FN2O5S/c1-2-27-20(25)18-15(10-30-14-6-4-13(22)5-7-14)23-21(26)24-19(18)12-3-8-16-17(9-12)29-11-28-16/h3-9,19H,2,10-11H2,1H3,(H2,23,24,26)/t19-/m0/s1. The minimum atomic E-state index is -0.712. The van der Waals surface area contributed by atoms with Crippen LogP contribution in [0.3, 0.4) is 0 Å². The second kappa shape index (κ2) is 8.66. The molecule has 2 N–H and O–H groups in total. The maximum atomic E-state index is 13.2. The Morgan fingerprint density at radius 2 is 1.97 bits per heavy atom. The fraction of sp³-hybridized carbons (Fsp3) is 0.238. The normalized spacial score (nSPS) is 17.4. The zero-order valence-corrected chi connectivity index (χ0v) is 16.9. The lowest BCUT2D eigenvalue weighted by atomic mass is 9.95. The highest BCUT2D eigenvalue weighted by molar-refractivity contribution is 7.99. The summed E-state index contributed by atoms with van der Waals surface area (Å²) in [7, 11) is 0. The number of halogens is 1. The second-order valence-electron chi connectivity index (χ2n) is 6.50. The fourth-order valence-electron chi connectivity index (χ4n) is 3.21. The van der Waals surface area contributed by atoms with Crippen molar-refractivity contribution in [1.29, 1.82) is 0 Å². The van der Waals surface area contributed by atoms with Gasteiger partial charge in [-0.15, -0.1) is 11.8 Å². The lowest BCUT2D eigenvalue weighted by Crippen LogP contribution is -2.46. The van der Waals surface area contributed by atoms with Crippen molar-refractivity contribution in [3.63, 3.8) is 0 Å². The number of thioether (sulfide) groups is 1. The topological polar surface area (TPSA) is 85.9 Å². The van der Waals surface area contributed by atoms with Crippen molar-refractivity contribution in [2.75, 3.05) is 19.2 Å². The van der Waals surface area contributed by atoms with Gasteiger partial charge in [-0.05, 0) is 48.9 Å². The predicted molar refractivity (Wildman–Crippen MR) is 108 cm³/mol. The molecule has 2 aromatic rings. The number of fused-ring (bicyclic) bond motifs is 1. The van der Waals surface area contributed by atoms with Gasteiger partial charge in [0.2, 0.25) is 6.79 Å². The first-order chi connectivity index (χ1) is 14.5. The van der Waals surface area contributed by atoms with E-state index in [1.165, 1.54) is 23.9 Å². The number of rotatable bonds is 6. The second-order valence-corrected chi connectivity index (χ2v) is 7.55. The van der Waals surface area contributed by atoms with Crippen molar-refractivity contribution in [3.05, 3.63) is 65.1 Å². The van der Waals surface area contributed by atoms with Crippen molar-refractivity contribution in [1.82, 2.24) is 10.6 Å². The molecule has 0 spiro atoms. The van der Waals surface area contributed by atoms with Crippen LogP contribution in [0.25, 0.3) is 0 Å². The molecular formula is C21H19FN2O5S. The van der Waals surface area contributed by atoms with E-state index in [1.807, 2.05) is 0 Å². The summed E-state index contributed by atoms with van der Waals surface area (Å²) in [5, 5.41) is 5.50. The maximum absolute atomic E-state index is 13.2. The Morgan fingerprint density at radius 3 is 2.73 bits per heavy atom. The van der Waals surface area contributed by atoms with Crippen LogP contribution in [0.2, 0.25) is 0 Å². The Labute approximate surface area is 176 Å². The van der Waals surface area contributed by atoms with Crippen LogP contribution in [0.4, 0.5) is 9.18 Å². The molecule has 2 amide bonds. The number of amides is 2. The third kappa shape index (κ3) is 4.20. The number of esters is 1. The number of ether oxygens (including phenoxy) is 3. The molecule has 2 aliphatic rings. The van der Waals surface area contributed by atoms with Gasteiger partial charge in [0.25, 0.3) is 0 Å². The highest BCUT2D eigenvalue weighted by atomic mass is 32.2. The first-order valence-corrected chi connectivity index (χ1v) is 10.3. The quantitative estimate of drug-likeness (QED) is 0.539. The van der Waals surface area contributed by atoms with Gasteiger partial charge in [0.15, 0.2) is 11.5 Å². The summed E-state index contributed by atoms with van der Waals surface area (Å²) < 4.78 is 29.2. The average molecular weight is 430 g/mol. The minimum Gasteiger partial charge on any atom is -0.463 e. The van der Waals surface area contributed by atoms with E-state index in [0.717, 1.165) is 4.90 Å². The first-order valence-electron chi connectivity index (χ1n) is 9.30. The number of carbonyl (C=O) groups excluding carboxylic acids is 2. The molecule has 0 aromatic heterocycles. The van der Waals surface area contributed by atoms with E-state index >= 15 is 0 Å². The zero-order chi connectivity index (χ0) is 21.1. The van der Waals surface area contributed by atoms with Crippen LogP contribution in [0.15, 0.2) is 58.6 Å². The molecule has 0 bridgehead atoms. The van der Waals surface area contributed by atoms with Gasteiger partial charge >= 0.3 is 12.0 Å². The van der Waals surface area contributed by atoms with Crippen molar-refractivity contribution < 1.29 is 28.2 Å². The van der Waals surface area contributed by atoms with Crippen LogP contribution in [-0.2, 0) is 9.53 Å². The van der Waals surface area contributed by atoms with E-state index in [4.69, 9.17) is 14.2 Å². The molecule has 0 unspecified atom stereocenters. The molecule has 4 rings (SSSR count). The molecule has 2 heterocycles. The smallest absolute Gasteiger partial charge is 0.338 e. The summed E-state index contributed by atoms with van der Waals surface area (Å²) in [6.45, 7) is 2.04. The van der Waals surface area contributed by atoms with Crippen LogP contribution in [-0.4, -0.2) is 31.2 Å². The van der Waals surface area contributed by atoms with Gasteiger partial charge in [-0.1, -0.05) is 6.07 Å². The lowest BCUT2D eigenvalue weighted by Gasteiger charge is -2.29. The van der Waals surface area contributed by atoms with Gasteiger partial charge in [0.1, 0.15) is 5.82 Å². The third-order valence-electron chi connectivity index (χ3n) is 4.58. The Kier molecular flexibility index (Phi) is 5.80. The first kappa shape index (κ1) is 20.1. The Balaban J connectivity index is 1.68. The lowest BCUT2D eigenvalue weighted by molar-refractivity contribution is -0.139. The molecular weight excluding hydrogens is 411 g/mol. The Morgan fingerprint density at radius 1 is 1.20 bits per heavy atom. The number of carbonyl (C=O) groups is 2. The molecule has 30 heavy (non-hydrogen) atoms. The molecule has 0 aliphatic carbocycles. The largest absolute Gasteiger partial charge is 0.463 e. The summed E-state index contributed by atoms with van der Waals surface area (Å²) in [6, 6.07) is 10.1. The highest BCUT2D eigenvalue weighted by Gasteiger charge is 2.34. The van der Waals surface area contributed by atoms with Crippen molar-refractivity contribution in [2.24, 2.45) is 0 Å². The van der Waals surface area contributed by atoms with E-state index < -0.39 is 18.0 Å². The van der Waals surface area contributed by atoms with Crippen LogP contribution < -0.4 is 20.1 Å². The van der Waals surface area contributed by atoms with E-state index in [0.29, 0.717) is 34.1 Å². The monoisotopic (exact) mass is 430 g/mol. The third-order valence-corrected chi connectivity index (χ3v) is 5.61. The molecule has 156 valence electrons. The van der Waals surface area contributed by atoms with Crippen LogP contribution in [0, 0.1) is 5.82 Å². The van der Waals surface area contributed by atoms with Gasteiger partial charge in [-0.25, -0.2) is 14.0 Å². The summed E-state index contributed by atoms with van der Waals surface area (Å²) in [5.74, 6) is 0.596. The molecule has 9 heteroatoms. The summed E-state index contributed by atoms with van der Waals surface area (Å²) >= 11 is 1.37. The predicted octanol–water partition coefficient (Wildman–Crippen LogP) is 3.52. The van der Waals surface area contributed by atoms with E-state index in [9.17, 15) is 14.0 Å². The van der Waals surface area contributed by atoms with Crippen molar-refractivity contribution >= 4 is 23.8 Å². The SMILES string of the molecule is CCOC(=O)C1=C(CSc2ccc(F)cc2)NC(=O)N[C@H]1c1ccc2c(c1)OCO2.